The number of anilines is 1. The Morgan fingerprint density at radius 3 is 2.50 bits per heavy atom. The first-order valence-corrected chi connectivity index (χ1v) is 7.92. The van der Waals surface area contributed by atoms with Gasteiger partial charge in [-0.3, -0.25) is 9.36 Å². The second-order valence-electron chi connectivity index (χ2n) is 6.04. The summed E-state index contributed by atoms with van der Waals surface area (Å²) in [4.78, 5) is 27.1. The SMILES string of the molecule is CC(C)[C@H](N)C(=O)O[C@@H](C)C(O[C@H](CF)n1ccc(N)nc1=O)[C@@H](O)F. The number of carbonyl (C=O) groups excluding carboxylic acids is 1. The van der Waals surface area contributed by atoms with Gasteiger partial charge in [-0.1, -0.05) is 13.8 Å². The summed E-state index contributed by atoms with van der Waals surface area (Å²) in [7, 11) is 0. The van der Waals surface area contributed by atoms with Crippen molar-refractivity contribution in [2.45, 2.75) is 51.6 Å². The van der Waals surface area contributed by atoms with Gasteiger partial charge in [0.2, 0.25) is 6.36 Å². The van der Waals surface area contributed by atoms with Gasteiger partial charge in [0, 0.05) is 6.20 Å². The number of hydrogen-bond acceptors (Lipinski definition) is 8. The van der Waals surface area contributed by atoms with E-state index in [0.29, 0.717) is 0 Å². The van der Waals surface area contributed by atoms with Gasteiger partial charge in [-0.25, -0.2) is 13.6 Å². The van der Waals surface area contributed by atoms with Crippen LogP contribution in [0.3, 0.4) is 0 Å². The van der Waals surface area contributed by atoms with Crippen molar-refractivity contribution in [1.82, 2.24) is 9.55 Å². The number of nitrogen functional groups attached to an aromatic ring is 1. The highest BCUT2D eigenvalue weighted by Crippen LogP contribution is 2.19. The Kier molecular flexibility index (Phi) is 8.06. The molecule has 26 heavy (non-hydrogen) atoms. The van der Waals surface area contributed by atoms with Crippen molar-refractivity contribution in [3.8, 4) is 0 Å². The first-order chi connectivity index (χ1) is 12.1. The van der Waals surface area contributed by atoms with Crippen molar-refractivity contribution in [3.63, 3.8) is 0 Å². The second kappa shape index (κ2) is 9.55. The minimum Gasteiger partial charge on any atom is -0.459 e. The van der Waals surface area contributed by atoms with E-state index in [-0.39, 0.29) is 11.7 Å². The molecule has 0 aliphatic rings. The van der Waals surface area contributed by atoms with E-state index in [2.05, 4.69) is 4.98 Å². The zero-order valence-electron chi connectivity index (χ0n) is 14.7. The van der Waals surface area contributed by atoms with Gasteiger partial charge in [0.05, 0.1) is 0 Å². The number of carbonyl (C=O) groups is 1. The summed E-state index contributed by atoms with van der Waals surface area (Å²) in [5.74, 6) is -1.15. The van der Waals surface area contributed by atoms with Gasteiger partial charge >= 0.3 is 11.7 Å². The van der Waals surface area contributed by atoms with Crippen LogP contribution < -0.4 is 17.2 Å². The van der Waals surface area contributed by atoms with Crippen LogP contribution in [0.15, 0.2) is 17.1 Å². The van der Waals surface area contributed by atoms with Gasteiger partial charge in [0.15, 0.2) is 12.3 Å². The van der Waals surface area contributed by atoms with Crippen molar-refractivity contribution in [2.75, 3.05) is 12.4 Å². The minimum atomic E-state index is -2.61. The lowest BCUT2D eigenvalue weighted by Gasteiger charge is -2.29. The van der Waals surface area contributed by atoms with E-state index in [1.807, 2.05) is 0 Å². The molecule has 1 aromatic rings. The lowest BCUT2D eigenvalue weighted by atomic mass is 10.1. The second-order valence-corrected chi connectivity index (χ2v) is 6.04. The average molecular weight is 378 g/mol. The van der Waals surface area contributed by atoms with E-state index in [9.17, 15) is 23.5 Å². The summed E-state index contributed by atoms with van der Waals surface area (Å²) < 4.78 is 37.8. The van der Waals surface area contributed by atoms with Gasteiger partial charge in [0.1, 0.15) is 24.6 Å². The Bertz CT molecular complexity index is 655. The Labute approximate surface area is 148 Å². The molecule has 148 valence electrons. The summed E-state index contributed by atoms with van der Waals surface area (Å²) in [6, 6.07) is 0.259. The highest BCUT2D eigenvalue weighted by atomic mass is 19.1. The van der Waals surface area contributed by atoms with Crippen LogP contribution in [0, 0.1) is 5.92 Å². The maximum Gasteiger partial charge on any atom is 0.351 e. The van der Waals surface area contributed by atoms with Gasteiger partial charge in [0.25, 0.3) is 0 Å². The van der Waals surface area contributed by atoms with Gasteiger partial charge in [-0.15, -0.1) is 0 Å². The molecule has 0 aliphatic heterocycles. The van der Waals surface area contributed by atoms with Gasteiger partial charge in [-0.05, 0) is 18.9 Å². The molecular formula is C15H24F2N4O5. The van der Waals surface area contributed by atoms with Gasteiger partial charge in [-0.2, -0.15) is 4.98 Å². The number of esters is 1. The van der Waals surface area contributed by atoms with Crippen LogP contribution in [0.1, 0.15) is 27.0 Å². The van der Waals surface area contributed by atoms with Crippen LogP contribution in [-0.4, -0.2) is 51.9 Å². The molecule has 0 bridgehead atoms. The van der Waals surface area contributed by atoms with E-state index in [1.54, 1.807) is 13.8 Å². The fraction of sp³-hybridized carbons (Fsp3) is 0.667. The molecule has 1 unspecified atom stereocenters. The molecule has 1 rings (SSSR count). The van der Waals surface area contributed by atoms with E-state index < -0.39 is 49.2 Å². The number of halogens is 2. The van der Waals surface area contributed by atoms with Crippen molar-refractivity contribution in [3.05, 3.63) is 22.7 Å². The van der Waals surface area contributed by atoms with Crippen LogP contribution in [-0.2, 0) is 14.3 Å². The molecule has 0 radical (unpaired) electrons. The number of hydrogen-bond donors (Lipinski definition) is 3. The number of nitrogens with zero attached hydrogens (tertiary/aromatic N) is 2. The first kappa shape index (κ1) is 21.9. The molecule has 0 saturated heterocycles. The first-order valence-electron chi connectivity index (χ1n) is 7.92. The third-order valence-corrected chi connectivity index (χ3v) is 3.63. The van der Waals surface area contributed by atoms with Crippen LogP contribution >= 0.6 is 0 Å². The molecule has 0 aromatic carbocycles. The maximum absolute atomic E-state index is 13.6. The number of aromatic nitrogens is 2. The van der Waals surface area contributed by atoms with E-state index in [4.69, 9.17) is 20.9 Å². The minimum absolute atomic E-state index is 0.0871. The quantitative estimate of drug-likeness (QED) is 0.505. The van der Waals surface area contributed by atoms with Crippen LogP contribution in [0.4, 0.5) is 14.6 Å². The van der Waals surface area contributed by atoms with Crippen LogP contribution in [0.25, 0.3) is 0 Å². The highest BCUT2D eigenvalue weighted by molar-refractivity contribution is 5.75. The fourth-order valence-electron chi connectivity index (χ4n) is 2.00. The molecule has 5 atom stereocenters. The number of aliphatic hydroxyl groups excluding tert-OH is 1. The van der Waals surface area contributed by atoms with E-state index in [0.717, 1.165) is 10.8 Å². The number of ether oxygens (including phenoxy) is 2. The molecule has 0 amide bonds. The predicted octanol–water partition coefficient (Wildman–Crippen LogP) is -0.118. The third kappa shape index (κ3) is 5.71. The molecule has 0 fully saturated rings. The lowest BCUT2D eigenvalue weighted by molar-refractivity contribution is -0.199. The topological polar surface area (TPSA) is 143 Å². The Morgan fingerprint density at radius 1 is 1.42 bits per heavy atom. The summed E-state index contributed by atoms with van der Waals surface area (Å²) >= 11 is 0. The zero-order chi connectivity index (χ0) is 20.0. The molecule has 1 heterocycles. The fourth-order valence-corrected chi connectivity index (χ4v) is 2.00. The van der Waals surface area contributed by atoms with Crippen LogP contribution in [0.5, 0.6) is 0 Å². The molecule has 0 aliphatic carbocycles. The monoisotopic (exact) mass is 378 g/mol. The number of rotatable bonds is 9. The summed E-state index contributed by atoms with van der Waals surface area (Å²) in [6.07, 6.45) is -6.17. The van der Waals surface area contributed by atoms with E-state index >= 15 is 0 Å². The van der Waals surface area contributed by atoms with Crippen molar-refractivity contribution in [2.24, 2.45) is 11.7 Å². The van der Waals surface area contributed by atoms with E-state index in [1.165, 1.54) is 13.0 Å². The Balaban J connectivity index is 2.94. The standard InChI is InChI=1S/C15H24F2N4O5/c1-7(2)11(19)14(23)25-8(3)12(13(17)22)26-10(6-16)21-5-4-9(18)20-15(21)24/h4-5,7-8,10-13,22H,6,19H2,1-3H3,(H2,18,20,24)/t8-,10+,11-,12?,13+/m0/s1. The highest BCUT2D eigenvalue weighted by Gasteiger charge is 2.34. The Morgan fingerprint density at radius 2 is 2.04 bits per heavy atom. The lowest BCUT2D eigenvalue weighted by Crippen LogP contribution is -2.45. The number of nitrogens with two attached hydrogens (primary N) is 2. The van der Waals surface area contributed by atoms with Crippen molar-refractivity contribution < 1.29 is 28.2 Å². The van der Waals surface area contributed by atoms with Crippen molar-refractivity contribution in [1.29, 1.82) is 0 Å². The number of alkyl halides is 2. The number of aliphatic hydroxyl groups is 1. The maximum atomic E-state index is 13.6. The normalized spacial score (nSPS) is 17.4. The molecule has 1 aromatic heterocycles. The Hall–Kier alpha value is -2.11. The van der Waals surface area contributed by atoms with Gasteiger partial charge < -0.3 is 26.0 Å². The molecular weight excluding hydrogens is 354 g/mol. The van der Waals surface area contributed by atoms with Crippen LogP contribution in [0.2, 0.25) is 0 Å². The smallest absolute Gasteiger partial charge is 0.351 e. The van der Waals surface area contributed by atoms with Crippen molar-refractivity contribution >= 4 is 11.8 Å². The summed E-state index contributed by atoms with van der Waals surface area (Å²) in [5, 5.41) is 9.29. The summed E-state index contributed by atoms with van der Waals surface area (Å²) in [5.41, 5.74) is 10.1. The molecule has 11 heteroatoms. The molecule has 0 spiro atoms. The average Bonchev–Trinajstić information content (AvgIpc) is 2.55. The molecule has 0 saturated carbocycles. The largest absolute Gasteiger partial charge is 0.459 e. The molecule has 5 N–H and O–H groups in total. The third-order valence-electron chi connectivity index (χ3n) is 3.63. The molecule has 9 nitrogen and oxygen atoms in total. The predicted molar refractivity (Wildman–Crippen MR) is 88.3 cm³/mol. The summed E-state index contributed by atoms with van der Waals surface area (Å²) in [6.45, 7) is 3.39. The zero-order valence-corrected chi connectivity index (χ0v) is 14.7.